The summed E-state index contributed by atoms with van der Waals surface area (Å²) >= 11 is 5.87. The highest BCUT2D eigenvalue weighted by atomic mass is 35.5. The number of halogens is 1. The number of piperazine rings is 1. The van der Waals surface area contributed by atoms with Crippen LogP contribution >= 0.6 is 11.6 Å². The third kappa shape index (κ3) is 3.97. The highest BCUT2D eigenvalue weighted by Gasteiger charge is 2.21. The quantitative estimate of drug-likeness (QED) is 0.866. The summed E-state index contributed by atoms with van der Waals surface area (Å²) in [4.78, 5) is 20.8. The first-order valence-electron chi connectivity index (χ1n) is 8.11. The molecule has 1 aromatic heterocycles. The summed E-state index contributed by atoms with van der Waals surface area (Å²) < 4.78 is 0. The van der Waals surface area contributed by atoms with Gasteiger partial charge in [-0.1, -0.05) is 29.8 Å². The standard InChI is InChI=1S/C18H21ClN4O/c19-15-6-7-17(21-13-15)22-9-11-23(12-10-22)18(24)8-5-14-3-1-2-4-16(14)20/h1-4,6-7,13H,5,8-12,20H2. The molecule has 126 valence electrons. The number of nitrogen functional groups attached to an aromatic ring is 1. The summed E-state index contributed by atoms with van der Waals surface area (Å²) in [5.41, 5.74) is 7.72. The van der Waals surface area contributed by atoms with Crippen LogP contribution in [0.1, 0.15) is 12.0 Å². The third-order valence-electron chi connectivity index (χ3n) is 4.33. The van der Waals surface area contributed by atoms with Gasteiger partial charge in [0.15, 0.2) is 0 Å². The molecule has 2 heterocycles. The van der Waals surface area contributed by atoms with Crippen LogP contribution in [0, 0.1) is 0 Å². The van der Waals surface area contributed by atoms with Crippen molar-refractivity contribution < 1.29 is 4.79 Å². The van der Waals surface area contributed by atoms with Gasteiger partial charge in [-0.2, -0.15) is 0 Å². The Labute approximate surface area is 147 Å². The summed E-state index contributed by atoms with van der Waals surface area (Å²) in [5.74, 6) is 1.09. The van der Waals surface area contributed by atoms with E-state index in [4.69, 9.17) is 17.3 Å². The molecule has 2 N–H and O–H groups in total. The fraction of sp³-hybridized carbons (Fsp3) is 0.333. The zero-order valence-corrected chi connectivity index (χ0v) is 14.2. The van der Waals surface area contributed by atoms with Crippen molar-refractivity contribution in [2.24, 2.45) is 0 Å². The van der Waals surface area contributed by atoms with Crippen LogP contribution < -0.4 is 10.6 Å². The van der Waals surface area contributed by atoms with Gasteiger partial charge in [0.2, 0.25) is 5.91 Å². The van der Waals surface area contributed by atoms with Crippen molar-refractivity contribution in [3.8, 4) is 0 Å². The van der Waals surface area contributed by atoms with Crippen molar-refractivity contribution in [2.45, 2.75) is 12.8 Å². The Balaban J connectivity index is 1.50. The number of nitrogens with two attached hydrogens (primary N) is 1. The van der Waals surface area contributed by atoms with E-state index in [1.165, 1.54) is 0 Å². The smallest absolute Gasteiger partial charge is 0.223 e. The van der Waals surface area contributed by atoms with Crippen molar-refractivity contribution in [1.82, 2.24) is 9.88 Å². The van der Waals surface area contributed by atoms with Crippen molar-refractivity contribution in [2.75, 3.05) is 36.8 Å². The first kappa shape index (κ1) is 16.6. The average molecular weight is 345 g/mol. The second-order valence-corrected chi connectivity index (χ2v) is 6.34. The van der Waals surface area contributed by atoms with E-state index in [9.17, 15) is 4.79 Å². The minimum atomic E-state index is 0.182. The second kappa shape index (κ2) is 7.53. The lowest BCUT2D eigenvalue weighted by Crippen LogP contribution is -2.49. The van der Waals surface area contributed by atoms with E-state index in [2.05, 4.69) is 9.88 Å². The number of aromatic nitrogens is 1. The lowest BCUT2D eigenvalue weighted by molar-refractivity contribution is -0.131. The summed E-state index contributed by atoms with van der Waals surface area (Å²) in [6, 6.07) is 11.5. The zero-order valence-electron chi connectivity index (χ0n) is 13.5. The molecule has 1 amide bonds. The van der Waals surface area contributed by atoms with Crippen LogP contribution in [0.15, 0.2) is 42.6 Å². The number of pyridine rings is 1. The zero-order chi connectivity index (χ0) is 16.9. The first-order valence-corrected chi connectivity index (χ1v) is 8.49. The molecule has 0 saturated carbocycles. The highest BCUT2D eigenvalue weighted by Crippen LogP contribution is 2.17. The lowest BCUT2D eigenvalue weighted by atomic mass is 10.1. The number of aryl methyl sites for hydroxylation is 1. The Hall–Kier alpha value is -2.27. The third-order valence-corrected chi connectivity index (χ3v) is 4.56. The van der Waals surface area contributed by atoms with Crippen molar-refractivity contribution in [3.05, 3.63) is 53.2 Å². The van der Waals surface area contributed by atoms with E-state index < -0.39 is 0 Å². The number of benzene rings is 1. The number of carbonyl (C=O) groups is 1. The maximum absolute atomic E-state index is 12.4. The number of amides is 1. The number of nitrogens with zero attached hydrogens (tertiary/aromatic N) is 3. The molecular weight excluding hydrogens is 324 g/mol. The predicted molar refractivity (Wildman–Crippen MR) is 97.2 cm³/mol. The molecule has 0 spiro atoms. The summed E-state index contributed by atoms with van der Waals surface area (Å²) in [7, 11) is 0. The summed E-state index contributed by atoms with van der Waals surface area (Å²) in [6.45, 7) is 3.00. The maximum Gasteiger partial charge on any atom is 0.223 e. The Morgan fingerprint density at radius 2 is 1.88 bits per heavy atom. The van der Waals surface area contributed by atoms with Gasteiger partial charge in [-0.25, -0.2) is 4.98 Å². The molecule has 5 nitrogen and oxygen atoms in total. The fourth-order valence-corrected chi connectivity index (χ4v) is 3.01. The number of hydrogen-bond donors (Lipinski definition) is 1. The van der Waals surface area contributed by atoms with Crippen LogP contribution in [0.4, 0.5) is 11.5 Å². The largest absolute Gasteiger partial charge is 0.399 e. The highest BCUT2D eigenvalue weighted by molar-refractivity contribution is 6.30. The number of para-hydroxylation sites is 1. The molecule has 1 aliphatic heterocycles. The summed E-state index contributed by atoms with van der Waals surface area (Å²) in [5, 5.41) is 0.632. The number of anilines is 2. The molecule has 1 aliphatic rings. The number of rotatable bonds is 4. The molecule has 2 aromatic rings. The molecule has 0 atom stereocenters. The van der Waals surface area contributed by atoms with Gasteiger partial charge in [-0.15, -0.1) is 0 Å². The Morgan fingerprint density at radius 1 is 1.12 bits per heavy atom. The van der Waals surface area contributed by atoms with Crippen LogP contribution in [0.25, 0.3) is 0 Å². The van der Waals surface area contributed by atoms with E-state index in [-0.39, 0.29) is 5.91 Å². The summed E-state index contributed by atoms with van der Waals surface area (Å²) in [6.07, 6.45) is 2.83. The van der Waals surface area contributed by atoms with E-state index in [1.807, 2.05) is 41.3 Å². The van der Waals surface area contributed by atoms with Crippen LogP contribution in [0.2, 0.25) is 5.02 Å². The molecule has 0 unspecified atom stereocenters. The minimum absolute atomic E-state index is 0.182. The van der Waals surface area contributed by atoms with E-state index >= 15 is 0 Å². The average Bonchev–Trinajstić information content (AvgIpc) is 2.62. The lowest BCUT2D eigenvalue weighted by Gasteiger charge is -2.35. The number of carbonyl (C=O) groups excluding carboxylic acids is 1. The molecule has 0 bridgehead atoms. The molecule has 3 rings (SSSR count). The Bertz CT molecular complexity index is 696. The molecule has 1 fully saturated rings. The van der Waals surface area contributed by atoms with Crippen LogP contribution in [-0.2, 0) is 11.2 Å². The van der Waals surface area contributed by atoms with Crippen LogP contribution in [0.5, 0.6) is 0 Å². The van der Waals surface area contributed by atoms with Gasteiger partial charge in [0, 0.05) is 44.5 Å². The molecule has 6 heteroatoms. The second-order valence-electron chi connectivity index (χ2n) is 5.90. The van der Waals surface area contributed by atoms with Crippen LogP contribution in [0.3, 0.4) is 0 Å². The first-order chi connectivity index (χ1) is 11.6. The van der Waals surface area contributed by atoms with Crippen molar-refractivity contribution >= 4 is 29.0 Å². The van der Waals surface area contributed by atoms with Gasteiger partial charge in [-0.05, 0) is 30.2 Å². The predicted octanol–water partition coefficient (Wildman–Crippen LogP) is 2.60. The maximum atomic E-state index is 12.4. The molecule has 24 heavy (non-hydrogen) atoms. The van der Waals surface area contributed by atoms with Gasteiger partial charge >= 0.3 is 0 Å². The van der Waals surface area contributed by atoms with E-state index in [1.54, 1.807) is 6.20 Å². The molecule has 0 radical (unpaired) electrons. The van der Waals surface area contributed by atoms with Crippen molar-refractivity contribution in [1.29, 1.82) is 0 Å². The Morgan fingerprint density at radius 3 is 2.54 bits per heavy atom. The molecule has 1 saturated heterocycles. The van der Waals surface area contributed by atoms with E-state index in [0.29, 0.717) is 31.0 Å². The fourth-order valence-electron chi connectivity index (χ4n) is 2.90. The minimum Gasteiger partial charge on any atom is -0.399 e. The SMILES string of the molecule is Nc1ccccc1CCC(=O)N1CCN(c2ccc(Cl)cn2)CC1. The van der Waals surface area contributed by atoms with Crippen LogP contribution in [-0.4, -0.2) is 42.0 Å². The van der Waals surface area contributed by atoms with Gasteiger partial charge in [0.25, 0.3) is 0 Å². The van der Waals surface area contributed by atoms with Crippen molar-refractivity contribution in [3.63, 3.8) is 0 Å². The monoisotopic (exact) mass is 344 g/mol. The van der Waals surface area contributed by atoms with Gasteiger partial charge in [0.1, 0.15) is 5.82 Å². The van der Waals surface area contributed by atoms with Gasteiger partial charge < -0.3 is 15.5 Å². The topological polar surface area (TPSA) is 62.5 Å². The Kier molecular flexibility index (Phi) is 5.20. The number of hydrogen-bond acceptors (Lipinski definition) is 4. The van der Waals surface area contributed by atoms with Gasteiger partial charge in [-0.3, -0.25) is 4.79 Å². The molecule has 0 aliphatic carbocycles. The molecule has 1 aromatic carbocycles. The molecular formula is C18H21ClN4O. The normalized spacial score (nSPS) is 14.7. The van der Waals surface area contributed by atoms with Gasteiger partial charge in [0.05, 0.1) is 5.02 Å². The van der Waals surface area contributed by atoms with E-state index in [0.717, 1.165) is 30.2 Å².